The van der Waals surface area contributed by atoms with Crippen molar-refractivity contribution in [3.63, 3.8) is 0 Å². The van der Waals surface area contributed by atoms with Crippen LogP contribution < -0.4 is 4.90 Å². The first-order valence-electron chi connectivity index (χ1n) is 5.98. The Hall–Kier alpha value is -1.94. The number of hydrogen-bond donors (Lipinski definition) is 0. The standard InChI is InChI=1S/C16H17N/c1-17-14-10-6-4-2-3-5-7-11-15-12-8-9-13-16(15)17/h2-4,6,8-9,12-13H,5,10,14H2,1H3/b3-2-,6-4-. The number of rotatable bonds is 0. The molecule has 1 aliphatic rings. The van der Waals surface area contributed by atoms with Crippen LogP contribution in [0.4, 0.5) is 5.69 Å². The van der Waals surface area contributed by atoms with Gasteiger partial charge in [0.25, 0.3) is 0 Å². The van der Waals surface area contributed by atoms with Crippen molar-refractivity contribution >= 4 is 5.69 Å². The second-order valence-electron chi connectivity index (χ2n) is 4.09. The summed E-state index contributed by atoms with van der Waals surface area (Å²) in [6, 6.07) is 8.33. The lowest BCUT2D eigenvalue weighted by Crippen LogP contribution is -2.18. The molecule has 1 aromatic carbocycles. The molecule has 1 aliphatic heterocycles. The van der Waals surface area contributed by atoms with Crippen LogP contribution in [0.15, 0.2) is 48.6 Å². The van der Waals surface area contributed by atoms with E-state index in [0.29, 0.717) is 0 Å². The molecule has 0 N–H and O–H groups in total. The van der Waals surface area contributed by atoms with Gasteiger partial charge in [0.1, 0.15) is 0 Å². The number of hydrogen-bond acceptors (Lipinski definition) is 1. The summed E-state index contributed by atoms with van der Waals surface area (Å²) < 4.78 is 0. The molecule has 1 aromatic rings. The summed E-state index contributed by atoms with van der Waals surface area (Å²) in [6.07, 6.45) is 10.3. The predicted molar refractivity (Wildman–Crippen MR) is 74.1 cm³/mol. The predicted octanol–water partition coefficient (Wildman–Crippen LogP) is 3.38. The third kappa shape index (κ3) is 3.26. The number of fused-ring (bicyclic) bond motifs is 1. The zero-order chi connectivity index (χ0) is 11.9. The van der Waals surface area contributed by atoms with Gasteiger partial charge in [-0.05, 0) is 18.6 Å². The Kier molecular flexibility index (Phi) is 4.05. The average Bonchev–Trinajstić information content (AvgIpc) is 2.35. The molecule has 0 aromatic heterocycles. The van der Waals surface area contributed by atoms with E-state index >= 15 is 0 Å². The first kappa shape index (κ1) is 11.5. The molecular formula is C16H17N. The molecule has 0 radical (unpaired) electrons. The van der Waals surface area contributed by atoms with Crippen LogP contribution in [-0.2, 0) is 0 Å². The lowest BCUT2D eigenvalue weighted by molar-refractivity contribution is 0.897. The molecule has 0 unspecified atom stereocenters. The Balaban J connectivity index is 2.32. The molecule has 0 atom stereocenters. The van der Waals surface area contributed by atoms with Gasteiger partial charge in [-0.15, -0.1) is 0 Å². The van der Waals surface area contributed by atoms with E-state index < -0.39 is 0 Å². The zero-order valence-electron chi connectivity index (χ0n) is 10.2. The molecule has 0 saturated heterocycles. The largest absolute Gasteiger partial charge is 0.373 e. The van der Waals surface area contributed by atoms with Gasteiger partial charge in [0.15, 0.2) is 0 Å². The maximum atomic E-state index is 3.24. The fourth-order valence-corrected chi connectivity index (χ4v) is 1.83. The van der Waals surface area contributed by atoms with Crippen LogP contribution in [-0.4, -0.2) is 13.6 Å². The summed E-state index contributed by atoms with van der Waals surface area (Å²) in [6.45, 7) is 1.02. The normalized spacial score (nSPS) is 19.0. The Morgan fingerprint density at radius 3 is 2.88 bits per heavy atom. The minimum absolute atomic E-state index is 0.808. The molecule has 1 heteroatoms. The molecule has 86 valence electrons. The monoisotopic (exact) mass is 223 g/mol. The third-order valence-electron chi connectivity index (χ3n) is 2.77. The fourth-order valence-electron chi connectivity index (χ4n) is 1.83. The molecule has 2 rings (SSSR count). The summed E-state index contributed by atoms with van der Waals surface area (Å²) in [4.78, 5) is 2.26. The van der Waals surface area contributed by atoms with E-state index in [-0.39, 0.29) is 0 Å². The van der Waals surface area contributed by atoms with Crippen molar-refractivity contribution in [1.29, 1.82) is 0 Å². The molecule has 0 fully saturated rings. The smallest absolute Gasteiger partial charge is 0.0522 e. The average molecular weight is 223 g/mol. The van der Waals surface area contributed by atoms with Crippen LogP contribution in [0.5, 0.6) is 0 Å². The van der Waals surface area contributed by atoms with Gasteiger partial charge in [-0.25, -0.2) is 0 Å². The Morgan fingerprint density at radius 1 is 1.12 bits per heavy atom. The summed E-state index contributed by atoms with van der Waals surface area (Å²) in [5.74, 6) is 6.43. The highest BCUT2D eigenvalue weighted by molar-refractivity contribution is 5.60. The third-order valence-corrected chi connectivity index (χ3v) is 2.77. The highest BCUT2D eigenvalue weighted by atomic mass is 15.1. The first-order chi connectivity index (χ1) is 8.38. The molecule has 0 aliphatic carbocycles. The van der Waals surface area contributed by atoms with Gasteiger partial charge in [-0.3, -0.25) is 0 Å². The van der Waals surface area contributed by atoms with Gasteiger partial charge in [-0.1, -0.05) is 48.3 Å². The molecule has 0 saturated carbocycles. The van der Waals surface area contributed by atoms with Crippen LogP contribution in [0, 0.1) is 11.8 Å². The van der Waals surface area contributed by atoms with Gasteiger partial charge in [0, 0.05) is 25.6 Å². The number of para-hydroxylation sites is 1. The topological polar surface area (TPSA) is 3.24 Å². The molecule has 0 spiro atoms. The SMILES string of the molecule is CN1CC/C=C\C=C/CC#Cc2ccccc21. The Bertz CT molecular complexity index is 486. The van der Waals surface area contributed by atoms with Gasteiger partial charge < -0.3 is 4.90 Å². The number of benzene rings is 1. The maximum Gasteiger partial charge on any atom is 0.0522 e. The van der Waals surface area contributed by atoms with Crippen molar-refractivity contribution in [2.75, 3.05) is 18.5 Å². The molecule has 0 bridgehead atoms. The second kappa shape index (κ2) is 5.96. The minimum Gasteiger partial charge on any atom is -0.373 e. The quantitative estimate of drug-likeness (QED) is 0.609. The van der Waals surface area contributed by atoms with Crippen LogP contribution in [0.2, 0.25) is 0 Å². The molecule has 17 heavy (non-hydrogen) atoms. The van der Waals surface area contributed by atoms with Gasteiger partial charge in [0.05, 0.1) is 5.69 Å². The first-order valence-corrected chi connectivity index (χ1v) is 5.98. The van der Waals surface area contributed by atoms with E-state index in [1.165, 1.54) is 5.69 Å². The molecule has 1 heterocycles. The maximum absolute atomic E-state index is 3.24. The summed E-state index contributed by atoms with van der Waals surface area (Å²) in [5, 5.41) is 0. The van der Waals surface area contributed by atoms with E-state index in [1.807, 2.05) is 6.07 Å². The van der Waals surface area contributed by atoms with Crippen molar-refractivity contribution in [2.45, 2.75) is 12.8 Å². The second-order valence-corrected chi connectivity index (χ2v) is 4.09. The zero-order valence-corrected chi connectivity index (χ0v) is 10.2. The lowest BCUT2D eigenvalue weighted by Gasteiger charge is -2.20. The molecule has 1 nitrogen and oxygen atoms in total. The Labute approximate surface area is 103 Å². The highest BCUT2D eigenvalue weighted by Gasteiger charge is 2.03. The van der Waals surface area contributed by atoms with Crippen LogP contribution in [0.25, 0.3) is 0 Å². The summed E-state index contributed by atoms with van der Waals surface area (Å²) in [7, 11) is 2.12. The van der Waals surface area contributed by atoms with E-state index in [9.17, 15) is 0 Å². The number of nitrogens with zero attached hydrogens (tertiary/aromatic N) is 1. The van der Waals surface area contributed by atoms with Crippen molar-refractivity contribution in [1.82, 2.24) is 0 Å². The van der Waals surface area contributed by atoms with Crippen molar-refractivity contribution in [3.05, 3.63) is 54.1 Å². The van der Waals surface area contributed by atoms with Gasteiger partial charge >= 0.3 is 0 Å². The van der Waals surface area contributed by atoms with E-state index in [0.717, 1.165) is 24.9 Å². The van der Waals surface area contributed by atoms with Crippen LogP contribution >= 0.6 is 0 Å². The van der Waals surface area contributed by atoms with Gasteiger partial charge in [-0.2, -0.15) is 0 Å². The van der Waals surface area contributed by atoms with E-state index in [2.05, 4.69) is 66.3 Å². The van der Waals surface area contributed by atoms with Crippen molar-refractivity contribution in [2.24, 2.45) is 0 Å². The minimum atomic E-state index is 0.808. The van der Waals surface area contributed by atoms with Crippen molar-refractivity contribution in [3.8, 4) is 11.8 Å². The number of allylic oxidation sites excluding steroid dienone is 3. The number of anilines is 1. The van der Waals surface area contributed by atoms with Crippen molar-refractivity contribution < 1.29 is 0 Å². The fraction of sp³-hybridized carbons (Fsp3) is 0.250. The summed E-state index contributed by atoms with van der Waals surface area (Å²) >= 11 is 0. The van der Waals surface area contributed by atoms with E-state index in [4.69, 9.17) is 0 Å². The summed E-state index contributed by atoms with van der Waals surface area (Å²) in [5.41, 5.74) is 2.34. The van der Waals surface area contributed by atoms with Crippen LogP contribution in [0.3, 0.4) is 0 Å². The lowest BCUT2D eigenvalue weighted by atomic mass is 10.1. The van der Waals surface area contributed by atoms with Crippen LogP contribution in [0.1, 0.15) is 18.4 Å². The van der Waals surface area contributed by atoms with E-state index in [1.54, 1.807) is 0 Å². The van der Waals surface area contributed by atoms with Gasteiger partial charge in [0.2, 0.25) is 0 Å². The highest BCUT2D eigenvalue weighted by Crippen LogP contribution is 2.18. The molecule has 0 amide bonds. The molecular weight excluding hydrogens is 206 g/mol. The Morgan fingerprint density at radius 2 is 1.94 bits per heavy atom.